The molecule has 184 valence electrons. The Balaban J connectivity index is 1.14. The number of carbonyl (C=O) groups excluding carboxylic acids is 1. The van der Waals surface area contributed by atoms with Gasteiger partial charge in [0.2, 0.25) is 5.91 Å². The Labute approximate surface area is 212 Å². The molecule has 6 nitrogen and oxygen atoms in total. The summed E-state index contributed by atoms with van der Waals surface area (Å²) in [5.41, 5.74) is 7.22. The zero-order chi connectivity index (χ0) is 24.2. The molecule has 2 fully saturated rings. The van der Waals surface area contributed by atoms with Crippen molar-refractivity contribution in [2.75, 3.05) is 57.4 Å². The number of aromatic nitrogens is 1. The molecule has 0 atom stereocenters. The Morgan fingerprint density at radius 2 is 1.71 bits per heavy atom. The molecule has 2 aromatic carbocycles. The molecule has 35 heavy (non-hydrogen) atoms. The molecule has 1 aromatic heterocycles. The lowest BCUT2D eigenvalue weighted by Crippen LogP contribution is -2.49. The van der Waals surface area contributed by atoms with Crippen LogP contribution in [0.4, 0.5) is 5.69 Å². The predicted octanol–water partition coefficient (Wildman–Crippen LogP) is 4.15. The van der Waals surface area contributed by atoms with Gasteiger partial charge in [-0.15, -0.1) is 11.3 Å². The molecule has 2 aliphatic rings. The van der Waals surface area contributed by atoms with Crippen LogP contribution in [0.15, 0.2) is 47.8 Å². The largest absolute Gasteiger partial charge is 0.379 e. The van der Waals surface area contributed by atoms with Crippen molar-refractivity contribution in [2.24, 2.45) is 0 Å². The monoisotopic (exact) mass is 490 g/mol. The summed E-state index contributed by atoms with van der Waals surface area (Å²) in [6.45, 7) is 12.2. The molecule has 5 rings (SSSR count). The van der Waals surface area contributed by atoms with Crippen molar-refractivity contribution >= 4 is 22.9 Å². The van der Waals surface area contributed by atoms with Gasteiger partial charge in [0.15, 0.2) is 0 Å². The zero-order valence-electron chi connectivity index (χ0n) is 20.7. The van der Waals surface area contributed by atoms with Crippen molar-refractivity contribution in [2.45, 2.75) is 26.8 Å². The molecule has 1 amide bonds. The number of rotatable bonds is 6. The van der Waals surface area contributed by atoms with Gasteiger partial charge >= 0.3 is 0 Å². The Kier molecular flexibility index (Phi) is 7.46. The topological polar surface area (TPSA) is 48.9 Å². The van der Waals surface area contributed by atoms with E-state index in [2.05, 4.69) is 66.1 Å². The van der Waals surface area contributed by atoms with Gasteiger partial charge in [0, 0.05) is 62.4 Å². The molecule has 7 heteroatoms. The molecule has 0 saturated carbocycles. The minimum atomic E-state index is 0.170. The first-order valence-corrected chi connectivity index (χ1v) is 13.4. The second-order valence-corrected chi connectivity index (χ2v) is 10.4. The first-order valence-electron chi connectivity index (χ1n) is 12.5. The number of hydrogen-bond acceptors (Lipinski definition) is 6. The third-order valence-electron chi connectivity index (χ3n) is 7.14. The molecule has 2 saturated heterocycles. The van der Waals surface area contributed by atoms with Crippen molar-refractivity contribution in [3.05, 3.63) is 70.2 Å². The van der Waals surface area contributed by atoms with Crippen LogP contribution in [0, 0.1) is 13.8 Å². The minimum Gasteiger partial charge on any atom is -0.379 e. The van der Waals surface area contributed by atoms with Gasteiger partial charge in [0.1, 0.15) is 5.01 Å². The number of hydrogen-bond donors (Lipinski definition) is 0. The van der Waals surface area contributed by atoms with E-state index in [1.165, 1.54) is 22.4 Å². The van der Waals surface area contributed by atoms with Crippen LogP contribution in [0.25, 0.3) is 10.6 Å². The van der Waals surface area contributed by atoms with Crippen LogP contribution in [-0.4, -0.2) is 73.2 Å². The van der Waals surface area contributed by atoms with E-state index in [-0.39, 0.29) is 5.91 Å². The molecule has 0 bridgehead atoms. The normalized spacial score (nSPS) is 17.1. The number of nitrogens with zero attached hydrogens (tertiary/aromatic N) is 4. The van der Waals surface area contributed by atoms with Crippen molar-refractivity contribution in [1.29, 1.82) is 0 Å². The molecule has 3 heterocycles. The number of thiazole rings is 1. The third-order valence-corrected chi connectivity index (χ3v) is 8.08. The Bertz CT molecular complexity index is 1150. The fourth-order valence-electron chi connectivity index (χ4n) is 4.83. The summed E-state index contributed by atoms with van der Waals surface area (Å²) in [7, 11) is 0. The maximum Gasteiger partial charge on any atom is 0.228 e. The van der Waals surface area contributed by atoms with E-state index in [4.69, 9.17) is 9.72 Å². The summed E-state index contributed by atoms with van der Waals surface area (Å²) in [6, 6.07) is 15.1. The van der Waals surface area contributed by atoms with E-state index >= 15 is 0 Å². The summed E-state index contributed by atoms with van der Waals surface area (Å²) in [6.07, 6.45) is 0.370. The van der Waals surface area contributed by atoms with Crippen LogP contribution < -0.4 is 4.90 Å². The number of benzene rings is 2. The van der Waals surface area contributed by atoms with Crippen LogP contribution in [0.1, 0.15) is 22.4 Å². The lowest BCUT2D eigenvalue weighted by atomic mass is 10.1. The number of amides is 1. The predicted molar refractivity (Wildman–Crippen MR) is 142 cm³/mol. The van der Waals surface area contributed by atoms with Gasteiger partial charge in [-0.25, -0.2) is 4.98 Å². The van der Waals surface area contributed by atoms with Crippen molar-refractivity contribution in [3.63, 3.8) is 0 Å². The average molecular weight is 491 g/mol. The van der Waals surface area contributed by atoms with E-state index in [1.807, 2.05) is 10.3 Å². The first kappa shape index (κ1) is 24.0. The van der Waals surface area contributed by atoms with Gasteiger partial charge < -0.3 is 14.5 Å². The van der Waals surface area contributed by atoms with Crippen LogP contribution >= 0.6 is 11.3 Å². The van der Waals surface area contributed by atoms with E-state index in [0.29, 0.717) is 6.42 Å². The highest BCUT2D eigenvalue weighted by molar-refractivity contribution is 7.13. The zero-order valence-corrected chi connectivity index (χ0v) is 21.5. The second kappa shape index (κ2) is 10.9. The SMILES string of the molecule is Cc1cccc(N2CCN(C(=O)Cc3csc(-c4ccc(CN5CCOCC5)cc4)n3)CC2)c1C. The fourth-order valence-corrected chi connectivity index (χ4v) is 5.66. The Morgan fingerprint density at radius 3 is 2.46 bits per heavy atom. The van der Waals surface area contributed by atoms with Crippen LogP contribution in [0.5, 0.6) is 0 Å². The lowest BCUT2D eigenvalue weighted by molar-refractivity contribution is -0.130. The number of piperazine rings is 1. The van der Waals surface area contributed by atoms with Crippen LogP contribution in [0.2, 0.25) is 0 Å². The quantitative estimate of drug-likeness (QED) is 0.520. The summed E-state index contributed by atoms with van der Waals surface area (Å²) >= 11 is 1.62. The van der Waals surface area contributed by atoms with Crippen LogP contribution in [0.3, 0.4) is 0 Å². The molecule has 0 radical (unpaired) electrons. The Morgan fingerprint density at radius 1 is 0.971 bits per heavy atom. The third kappa shape index (κ3) is 5.74. The van der Waals surface area contributed by atoms with Gasteiger partial charge in [-0.2, -0.15) is 0 Å². The standard InChI is InChI=1S/C28H34N4O2S/c1-21-4-3-5-26(22(21)2)31-10-12-32(13-11-31)27(33)18-25-20-35-28(29-25)24-8-6-23(7-9-24)19-30-14-16-34-17-15-30/h3-9,20H,10-19H2,1-2H3. The number of anilines is 1. The molecule has 0 N–H and O–H groups in total. The lowest BCUT2D eigenvalue weighted by Gasteiger charge is -2.37. The molecular weight excluding hydrogens is 456 g/mol. The van der Waals surface area contributed by atoms with Crippen molar-refractivity contribution in [1.82, 2.24) is 14.8 Å². The molecular formula is C28H34N4O2S. The maximum absolute atomic E-state index is 13.0. The number of ether oxygens (including phenoxy) is 1. The first-order chi connectivity index (χ1) is 17.1. The molecule has 0 spiro atoms. The second-order valence-electron chi connectivity index (χ2n) is 9.49. The molecule has 0 aliphatic carbocycles. The summed E-state index contributed by atoms with van der Waals surface area (Å²) in [4.78, 5) is 24.6. The highest BCUT2D eigenvalue weighted by Gasteiger charge is 2.23. The van der Waals surface area contributed by atoms with Crippen molar-refractivity contribution < 1.29 is 9.53 Å². The Hall–Kier alpha value is -2.74. The minimum absolute atomic E-state index is 0.170. The maximum atomic E-state index is 13.0. The van der Waals surface area contributed by atoms with Gasteiger partial charge in [-0.05, 0) is 36.6 Å². The van der Waals surface area contributed by atoms with Gasteiger partial charge in [-0.1, -0.05) is 36.4 Å². The van der Waals surface area contributed by atoms with Gasteiger partial charge in [0.05, 0.1) is 25.3 Å². The summed E-state index contributed by atoms with van der Waals surface area (Å²) in [5, 5.41) is 3.01. The summed E-state index contributed by atoms with van der Waals surface area (Å²) in [5.74, 6) is 0.170. The van der Waals surface area contributed by atoms with Crippen LogP contribution in [-0.2, 0) is 22.5 Å². The highest BCUT2D eigenvalue weighted by Crippen LogP contribution is 2.26. The number of morpholine rings is 1. The molecule has 0 unspecified atom stereocenters. The van der Waals surface area contributed by atoms with Gasteiger partial charge in [-0.3, -0.25) is 9.69 Å². The molecule has 3 aromatic rings. The van der Waals surface area contributed by atoms with Crippen molar-refractivity contribution in [3.8, 4) is 10.6 Å². The van der Waals surface area contributed by atoms with E-state index in [9.17, 15) is 4.79 Å². The van der Waals surface area contributed by atoms with Gasteiger partial charge in [0.25, 0.3) is 0 Å². The summed E-state index contributed by atoms with van der Waals surface area (Å²) < 4.78 is 5.44. The smallest absolute Gasteiger partial charge is 0.228 e. The molecule has 2 aliphatic heterocycles. The van der Waals surface area contributed by atoms with E-state index in [1.54, 1.807) is 11.3 Å². The van der Waals surface area contributed by atoms with E-state index in [0.717, 1.165) is 75.3 Å². The number of carbonyl (C=O) groups is 1. The fraction of sp³-hybridized carbons (Fsp3) is 0.429. The number of aryl methyl sites for hydroxylation is 1. The average Bonchev–Trinajstić information content (AvgIpc) is 3.35. The highest BCUT2D eigenvalue weighted by atomic mass is 32.1. The van der Waals surface area contributed by atoms with E-state index < -0.39 is 0 Å².